The van der Waals surface area contributed by atoms with E-state index in [1.165, 1.54) is 12.1 Å². The third-order valence-corrected chi connectivity index (χ3v) is 5.39. The summed E-state index contributed by atoms with van der Waals surface area (Å²) in [5.41, 5.74) is 2.65. The number of aromatic hydroxyl groups is 1. The molecule has 1 aromatic carbocycles. The maximum atomic E-state index is 11.2. The molecule has 29 heavy (non-hydrogen) atoms. The van der Waals surface area contributed by atoms with Gasteiger partial charge in [-0.05, 0) is 58.1 Å². The zero-order valence-electron chi connectivity index (χ0n) is 16.5. The molecule has 0 bridgehead atoms. The molecule has 0 spiro atoms. The van der Waals surface area contributed by atoms with Crippen LogP contribution in [0.4, 0.5) is 11.6 Å². The van der Waals surface area contributed by atoms with Gasteiger partial charge in [0.2, 0.25) is 5.95 Å². The number of piperidine rings is 1. The number of anilines is 1. The van der Waals surface area contributed by atoms with Gasteiger partial charge >= 0.3 is 0 Å². The van der Waals surface area contributed by atoms with Crippen molar-refractivity contribution in [3.05, 3.63) is 51.8 Å². The van der Waals surface area contributed by atoms with Crippen LogP contribution in [0.15, 0.2) is 30.3 Å². The van der Waals surface area contributed by atoms with E-state index < -0.39 is 4.92 Å². The predicted octanol–water partition coefficient (Wildman–Crippen LogP) is 2.91. The summed E-state index contributed by atoms with van der Waals surface area (Å²) in [6.07, 6.45) is 1.99. The van der Waals surface area contributed by atoms with Gasteiger partial charge in [0.25, 0.3) is 5.69 Å². The number of nitrogens with zero attached hydrogens (tertiary/aromatic N) is 5. The number of rotatable bonds is 5. The first-order chi connectivity index (χ1) is 13.9. The lowest BCUT2D eigenvalue weighted by Gasteiger charge is -2.29. The molecule has 0 unspecified atom stereocenters. The number of nitro groups is 1. The Kier molecular flexibility index (Phi) is 5.06. The molecule has 2 N–H and O–H groups in total. The van der Waals surface area contributed by atoms with Crippen LogP contribution in [0, 0.1) is 17.0 Å². The first-order valence-corrected chi connectivity index (χ1v) is 9.66. The molecular weight excluding hydrogens is 372 g/mol. The van der Waals surface area contributed by atoms with Gasteiger partial charge in [-0.25, -0.2) is 4.98 Å². The molecule has 9 heteroatoms. The van der Waals surface area contributed by atoms with Crippen LogP contribution < -0.4 is 5.32 Å². The van der Waals surface area contributed by atoms with Gasteiger partial charge in [-0.1, -0.05) is 0 Å². The van der Waals surface area contributed by atoms with E-state index in [4.69, 9.17) is 0 Å². The number of non-ortho nitro benzene ring substituents is 1. The summed E-state index contributed by atoms with van der Waals surface area (Å²) in [4.78, 5) is 22.1. The van der Waals surface area contributed by atoms with Crippen molar-refractivity contribution in [1.29, 1.82) is 0 Å². The average molecular weight is 396 g/mol. The molecule has 0 radical (unpaired) electrons. The van der Waals surface area contributed by atoms with Crippen LogP contribution in [0.25, 0.3) is 11.0 Å². The van der Waals surface area contributed by atoms with E-state index in [9.17, 15) is 15.2 Å². The lowest BCUT2D eigenvalue weighted by molar-refractivity contribution is -0.384. The summed E-state index contributed by atoms with van der Waals surface area (Å²) in [6.45, 7) is 4.19. The van der Waals surface area contributed by atoms with Gasteiger partial charge in [-0.3, -0.25) is 15.1 Å². The fourth-order valence-corrected chi connectivity index (χ4v) is 3.71. The number of nitro benzene ring substituents is 1. The van der Waals surface area contributed by atoms with Crippen LogP contribution in [-0.2, 0) is 6.54 Å². The smallest absolute Gasteiger partial charge is 0.271 e. The summed E-state index contributed by atoms with van der Waals surface area (Å²) in [7, 11) is 2.11. The van der Waals surface area contributed by atoms with Crippen molar-refractivity contribution >= 4 is 22.7 Å². The monoisotopic (exact) mass is 396 g/mol. The highest BCUT2D eigenvalue weighted by Gasteiger charge is 2.21. The second-order valence-electron chi connectivity index (χ2n) is 7.59. The van der Waals surface area contributed by atoms with Gasteiger partial charge in [0.05, 0.1) is 22.5 Å². The zero-order chi connectivity index (χ0) is 20.5. The number of likely N-dealkylation sites (tertiary alicyclic amines) is 1. The summed E-state index contributed by atoms with van der Waals surface area (Å²) >= 11 is 0. The Labute approximate surface area is 168 Å². The highest BCUT2D eigenvalue weighted by Crippen LogP contribution is 2.28. The van der Waals surface area contributed by atoms with E-state index in [-0.39, 0.29) is 17.5 Å². The van der Waals surface area contributed by atoms with E-state index >= 15 is 0 Å². The highest BCUT2D eigenvalue weighted by molar-refractivity contribution is 5.81. The van der Waals surface area contributed by atoms with E-state index in [1.54, 1.807) is 18.2 Å². The van der Waals surface area contributed by atoms with Crippen molar-refractivity contribution in [3.63, 3.8) is 0 Å². The molecule has 1 aliphatic heterocycles. The molecule has 1 saturated heterocycles. The fourth-order valence-electron chi connectivity index (χ4n) is 3.71. The van der Waals surface area contributed by atoms with Crippen LogP contribution in [0.5, 0.6) is 5.75 Å². The molecule has 0 saturated carbocycles. The van der Waals surface area contributed by atoms with Crippen molar-refractivity contribution < 1.29 is 10.0 Å². The minimum absolute atomic E-state index is 0.00418. The number of imidazole rings is 1. The lowest BCUT2D eigenvalue weighted by atomic mass is 10.1. The van der Waals surface area contributed by atoms with E-state index in [1.807, 2.05) is 11.5 Å². The minimum atomic E-state index is -0.420. The van der Waals surface area contributed by atoms with Crippen molar-refractivity contribution in [2.45, 2.75) is 32.4 Å². The maximum Gasteiger partial charge on any atom is 0.271 e. The Morgan fingerprint density at radius 3 is 2.72 bits per heavy atom. The van der Waals surface area contributed by atoms with Crippen molar-refractivity contribution in [1.82, 2.24) is 19.4 Å². The Bertz CT molecular complexity index is 1060. The van der Waals surface area contributed by atoms with E-state index in [0.29, 0.717) is 23.7 Å². The van der Waals surface area contributed by atoms with Gasteiger partial charge in [0.1, 0.15) is 11.4 Å². The van der Waals surface area contributed by atoms with Crippen LogP contribution in [-0.4, -0.2) is 55.6 Å². The molecule has 0 atom stereocenters. The number of benzene rings is 1. The lowest BCUT2D eigenvalue weighted by Crippen LogP contribution is -2.37. The van der Waals surface area contributed by atoms with Crippen LogP contribution in [0.1, 0.15) is 24.2 Å². The molecule has 3 aromatic rings. The predicted molar refractivity (Wildman–Crippen MR) is 110 cm³/mol. The number of hydrogen-bond acceptors (Lipinski definition) is 7. The minimum Gasteiger partial charge on any atom is -0.506 e. The molecule has 4 rings (SSSR count). The average Bonchev–Trinajstić information content (AvgIpc) is 3.02. The summed E-state index contributed by atoms with van der Waals surface area (Å²) in [6, 6.07) is 8.32. The Morgan fingerprint density at radius 1 is 1.24 bits per heavy atom. The third-order valence-electron chi connectivity index (χ3n) is 5.39. The Morgan fingerprint density at radius 2 is 2.00 bits per heavy atom. The Balaban J connectivity index is 1.74. The molecule has 2 aromatic heterocycles. The molecule has 9 nitrogen and oxygen atoms in total. The van der Waals surface area contributed by atoms with Gasteiger partial charge in [-0.2, -0.15) is 0 Å². The zero-order valence-corrected chi connectivity index (χ0v) is 16.5. The van der Waals surface area contributed by atoms with Gasteiger partial charge in [0, 0.05) is 23.9 Å². The SMILES string of the molecule is Cc1ccc(O)c(Cn2c(NC3CCN(C)CC3)nc3cc([N+](=O)[O-])ccc32)n1. The van der Waals surface area contributed by atoms with Gasteiger partial charge < -0.3 is 19.9 Å². The maximum absolute atomic E-state index is 11.2. The third kappa shape index (κ3) is 4.00. The van der Waals surface area contributed by atoms with Crippen molar-refractivity contribution in [2.24, 2.45) is 0 Å². The normalized spacial score (nSPS) is 15.7. The van der Waals surface area contributed by atoms with Crippen molar-refractivity contribution in [2.75, 3.05) is 25.5 Å². The summed E-state index contributed by atoms with van der Waals surface area (Å²) in [5, 5.41) is 24.9. The number of hydrogen-bond donors (Lipinski definition) is 2. The number of aryl methyl sites for hydroxylation is 1. The first-order valence-electron chi connectivity index (χ1n) is 9.66. The van der Waals surface area contributed by atoms with Crippen LogP contribution >= 0.6 is 0 Å². The van der Waals surface area contributed by atoms with Gasteiger partial charge in [0.15, 0.2) is 0 Å². The Hall–Kier alpha value is -3.20. The van der Waals surface area contributed by atoms with Gasteiger partial charge in [-0.15, -0.1) is 0 Å². The molecule has 0 aliphatic carbocycles. The van der Waals surface area contributed by atoms with Crippen LogP contribution in [0.3, 0.4) is 0 Å². The fraction of sp³-hybridized carbons (Fsp3) is 0.400. The quantitative estimate of drug-likeness (QED) is 0.504. The largest absolute Gasteiger partial charge is 0.506 e. The summed E-state index contributed by atoms with van der Waals surface area (Å²) in [5.74, 6) is 0.752. The topological polar surface area (TPSA) is 109 Å². The highest BCUT2D eigenvalue weighted by atomic mass is 16.6. The molecule has 152 valence electrons. The molecular formula is C20H24N6O3. The number of aromatic nitrogens is 3. The number of pyridine rings is 1. The molecule has 1 aliphatic rings. The second kappa shape index (κ2) is 7.67. The molecule has 3 heterocycles. The van der Waals surface area contributed by atoms with E-state index in [0.717, 1.165) is 37.1 Å². The standard InChI is InChI=1S/C20H24N6O3/c1-13-3-6-19(27)17(21-13)12-25-18-5-4-15(26(28)29)11-16(18)23-20(25)22-14-7-9-24(2)10-8-14/h3-6,11,14,27H,7-10,12H2,1-2H3,(H,22,23). The number of fused-ring (bicyclic) bond motifs is 1. The number of nitrogens with one attached hydrogen (secondary N) is 1. The van der Waals surface area contributed by atoms with Crippen molar-refractivity contribution in [3.8, 4) is 5.75 Å². The van der Waals surface area contributed by atoms with Crippen LogP contribution in [0.2, 0.25) is 0 Å². The second-order valence-corrected chi connectivity index (χ2v) is 7.59. The first kappa shape index (κ1) is 19.1. The van der Waals surface area contributed by atoms with E-state index in [2.05, 4.69) is 27.2 Å². The molecule has 1 fully saturated rings. The summed E-state index contributed by atoms with van der Waals surface area (Å²) < 4.78 is 1.93. The molecule has 0 amide bonds.